The zero-order valence-electron chi connectivity index (χ0n) is 22.9. The Morgan fingerprint density at radius 3 is 2.68 bits per heavy atom. The SMILES string of the molecule is COCc1nc(N)nc2c1ncn2[C@@H]1O[C@H](CO[P@](=O)(N[C@@H](C)C(=O)OC(C)C)Oc2ccccc2)[C@@H](O)[C@H]1C#N. The third-order valence-electron chi connectivity index (χ3n) is 6.02. The molecule has 0 radical (unpaired) electrons. The van der Waals surface area contributed by atoms with Crippen LogP contribution >= 0.6 is 7.75 Å². The fourth-order valence-electron chi connectivity index (χ4n) is 4.18. The van der Waals surface area contributed by atoms with Crippen molar-refractivity contribution >= 4 is 30.8 Å². The van der Waals surface area contributed by atoms with Crippen LogP contribution in [0.2, 0.25) is 0 Å². The van der Waals surface area contributed by atoms with Crippen molar-refractivity contribution in [3.05, 3.63) is 42.4 Å². The van der Waals surface area contributed by atoms with Crippen LogP contribution in [0.15, 0.2) is 36.7 Å². The summed E-state index contributed by atoms with van der Waals surface area (Å²) in [5.41, 5.74) is 6.98. The molecule has 0 saturated carbocycles. The average Bonchev–Trinajstić information content (AvgIpc) is 3.47. The number of nitrogen functional groups attached to an aromatic ring is 1. The van der Waals surface area contributed by atoms with Crippen molar-refractivity contribution < 1.29 is 37.7 Å². The Morgan fingerprint density at radius 2 is 2.02 bits per heavy atom. The number of nitriles is 1. The number of methoxy groups -OCH3 is 1. The van der Waals surface area contributed by atoms with Gasteiger partial charge in [-0.05, 0) is 32.9 Å². The lowest BCUT2D eigenvalue weighted by Gasteiger charge is -2.25. The Morgan fingerprint density at radius 1 is 1.29 bits per heavy atom. The summed E-state index contributed by atoms with van der Waals surface area (Å²) >= 11 is 0. The monoisotopic (exact) mass is 589 g/mol. The first-order valence-electron chi connectivity index (χ1n) is 12.7. The number of benzene rings is 1. The standard InChI is InChI=1S/C25H32N7O8P/c1-14(2)38-24(34)15(3)31-41(35,40-16-8-6-5-7-9-16)37-12-19-21(33)17(10-26)23(39-19)32-13-28-20-18(11-36-4)29-25(27)30-22(20)32/h5-9,13-15,17,19,21,23,33H,11-12H2,1-4H3,(H,31,35)(H2,27,29,30)/t15-,17+,19+,21-,23+,41+/m0/s1. The Bertz CT molecular complexity index is 1450. The van der Waals surface area contributed by atoms with Gasteiger partial charge in [-0.2, -0.15) is 15.3 Å². The number of anilines is 1. The van der Waals surface area contributed by atoms with Crippen molar-refractivity contribution in [3.63, 3.8) is 0 Å². The topological polar surface area (TPSA) is 206 Å². The second kappa shape index (κ2) is 12.9. The van der Waals surface area contributed by atoms with Crippen LogP contribution in [0.5, 0.6) is 5.75 Å². The predicted octanol–water partition coefficient (Wildman–Crippen LogP) is 2.09. The summed E-state index contributed by atoms with van der Waals surface area (Å²) in [5, 5.41) is 23.4. The van der Waals surface area contributed by atoms with Gasteiger partial charge < -0.3 is 29.6 Å². The molecule has 16 heteroatoms. The molecule has 1 aromatic carbocycles. The van der Waals surface area contributed by atoms with Gasteiger partial charge in [-0.25, -0.2) is 14.5 Å². The van der Waals surface area contributed by atoms with Crippen LogP contribution in [0.3, 0.4) is 0 Å². The van der Waals surface area contributed by atoms with Crippen LogP contribution in [-0.2, 0) is 34.7 Å². The van der Waals surface area contributed by atoms with Crippen LogP contribution in [0.1, 0.15) is 32.7 Å². The molecule has 0 spiro atoms. The molecule has 0 amide bonds. The highest BCUT2D eigenvalue weighted by molar-refractivity contribution is 7.52. The van der Waals surface area contributed by atoms with Crippen LogP contribution < -0.4 is 15.3 Å². The lowest BCUT2D eigenvalue weighted by atomic mass is 10.0. The lowest BCUT2D eigenvalue weighted by Crippen LogP contribution is -2.37. The summed E-state index contributed by atoms with van der Waals surface area (Å²) in [7, 11) is -2.74. The number of imidazole rings is 1. The summed E-state index contributed by atoms with van der Waals surface area (Å²) in [4.78, 5) is 25.1. The van der Waals surface area contributed by atoms with E-state index in [1.54, 1.807) is 44.2 Å². The Labute approximate surface area is 236 Å². The molecule has 0 aliphatic carbocycles. The number of aliphatic hydroxyl groups excluding tert-OH is 1. The highest BCUT2D eigenvalue weighted by Gasteiger charge is 2.47. The van der Waals surface area contributed by atoms with Crippen molar-refractivity contribution in [2.75, 3.05) is 19.5 Å². The zero-order chi connectivity index (χ0) is 29.7. The zero-order valence-corrected chi connectivity index (χ0v) is 23.8. The van der Waals surface area contributed by atoms with Gasteiger partial charge in [-0.3, -0.25) is 13.9 Å². The predicted molar refractivity (Wildman–Crippen MR) is 144 cm³/mol. The quantitative estimate of drug-likeness (QED) is 0.204. The second-order valence-electron chi connectivity index (χ2n) is 9.53. The maximum atomic E-state index is 13.8. The molecule has 1 aliphatic rings. The summed E-state index contributed by atoms with van der Waals surface area (Å²) in [5.74, 6) is -1.57. The van der Waals surface area contributed by atoms with E-state index < -0.39 is 56.8 Å². The van der Waals surface area contributed by atoms with E-state index >= 15 is 0 Å². The van der Waals surface area contributed by atoms with E-state index in [9.17, 15) is 19.7 Å². The molecule has 6 atom stereocenters. The molecule has 4 rings (SSSR count). The number of carbonyl (C=O) groups excluding carboxylic acids is 1. The normalized spacial score (nSPS) is 22.8. The molecule has 220 valence electrons. The third kappa shape index (κ3) is 6.99. The van der Waals surface area contributed by atoms with Crippen LogP contribution in [-0.4, -0.2) is 68.7 Å². The molecule has 0 bridgehead atoms. The number of para-hydroxylation sites is 1. The van der Waals surface area contributed by atoms with Gasteiger partial charge in [0, 0.05) is 7.11 Å². The van der Waals surface area contributed by atoms with Gasteiger partial charge in [0.05, 0.1) is 37.4 Å². The molecule has 1 aliphatic heterocycles. The van der Waals surface area contributed by atoms with Crippen molar-refractivity contribution in [1.82, 2.24) is 24.6 Å². The van der Waals surface area contributed by atoms with E-state index in [0.717, 1.165) is 0 Å². The van der Waals surface area contributed by atoms with E-state index in [1.165, 1.54) is 24.9 Å². The van der Waals surface area contributed by atoms with Gasteiger partial charge in [0.25, 0.3) is 0 Å². The van der Waals surface area contributed by atoms with Gasteiger partial charge in [0.15, 0.2) is 11.9 Å². The number of nitrogens with two attached hydrogens (primary N) is 1. The van der Waals surface area contributed by atoms with Crippen LogP contribution in [0, 0.1) is 17.2 Å². The second-order valence-corrected chi connectivity index (χ2v) is 11.2. The summed E-state index contributed by atoms with van der Waals surface area (Å²) in [6.45, 7) is 4.48. The van der Waals surface area contributed by atoms with Gasteiger partial charge in [0.2, 0.25) is 5.95 Å². The molecule has 1 fully saturated rings. The number of aromatic nitrogens is 4. The van der Waals surface area contributed by atoms with Gasteiger partial charge >= 0.3 is 13.7 Å². The Kier molecular flexibility index (Phi) is 9.54. The highest BCUT2D eigenvalue weighted by Crippen LogP contribution is 2.46. The van der Waals surface area contributed by atoms with Crippen molar-refractivity contribution in [3.8, 4) is 11.8 Å². The van der Waals surface area contributed by atoms with E-state index in [4.69, 9.17) is 29.0 Å². The molecule has 4 N–H and O–H groups in total. The van der Waals surface area contributed by atoms with Gasteiger partial charge in [0.1, 0.15) is 35.4 Å². The number of rotatable bonds is 12. The number of esters is 1. The average molecular weight is 590 g/mol. The van der Waals surface area contributed by atoms with Crippen molar-refractivity contribution in [2.24, 2.45) is 5.92 Å². The Hall–Kier alpha value is -3.64. The molecule has 1 saturated heterocycles. The molecule has 3 heterocycles. The first-order chi connectivity index (χ1) is 19.5. The highest BCUT2D eigenvalue weighted by atomic mass is 31.2. The number of hydrogen-bond donors (Lipinski definition) is 3. The summed E-state index contributed by atoms with van der Waals surface area (Å²) in [6, 6.07) is 9.20. The van der Waals surface area contributed by atoms with E-state index in [2.05, 4.69) is 20.0 Å². The molecular formula is C25H32N7O8P. The number of hydrogen-bond acceptors (Lipinski definition) is 13. The first kappa shape index (κ1) is 30.3. The minimum absolute atomic E-state index is 0.0339. The lowest BCUT2D eigenvalue weighted by molar-refractivity contribution is -0.149. The summed E-state index contributed by atoms with van der Waals surface area (Å²) in [6.07, 6.45) is -2.51. The molecule has 0 unspecified atom stereocenters. The molecule has 3 aromatic rings. The fraction of sp³-hybridized carbons (Fsp3) is 0.480. The van der Waals surface area contributed by atoms with Crippen molar-refractivity contribution in [2.45, 2.75) is 58.0 Å². The molecule has 41 heavy (non-hydrogen) atoms. The number of fused-ring (bicyclic) bond motifs is 1. The van der Waals surface area contributed by atoms with Crippen molar-refractivity contribution in [1.29, 1.82) is 5.26 Å². The van der Waals surface area contributed by atoms with Gasteiger partial charge in [-0.1, -0.05) is 18.2 Å². The maximum absolute atomic E-state index is 13.8. The molecule has 2 aromatic heterocycles. The number of nitrogens with zero attached hydrogens (tertiary/aromatic N) is 5. The van der Waals surface area contributed by atoms with Crippen LogP contribution in [0.25, 0.3) is 11.2 Å². The number of carbonyl (C=O) groups is 1. The van der Waals surface area contributed by atoms with E-state index in [1.807, 2.05) is 6.07 Å². The summed E-state index contributed by atoms with van der Waals surface area (Å²) < 4.78 is 42.9. The Balaban J connectivity index is 1.56. The number of ether oxygens (including phenoxy) is 3. The molecule has 15 nitrogen and oxygen atoms in total. The molecular weight excluding hydrogens is 557 g/mol. The fourth-order valence-corrected chi connectivity index (χ4v) is 5.69. The third-order valence-corrected chi connectivity index (χ3v) is 7.66. The minimum atomic E-state index is -4.24. The van der Waals surface area contributed by atoms with Gasteiger partial charge in [-0.15, -0.1) is 0 Å². The van der Waals surface area contributed by atoms with E-state index in [-0.39, 0.29) is 24.0 Å². The van der Waals surface area contributed by atoms with Crippen LogP contribution in [0.4, 0.5) is 5.95 Å². The minimum Gasteiger partial charge on any atom is -0.462 e. The number of nitrogens with one attached hydrogen (secondary N) is 1. The largest absolute Gasteiger partial charge is 0.462 e. The maximum Gasteiger partial charge on any atom is 0.459 e. The smallest absolute Gasteiger partial charge is 0.459 e. The van der Waals surface area contributed by atoms with E-state index in [0.29, 0.717) is 11.2 Å². The number of aliphatic hydroxyl groups is 1. The first-order valence-corrected chi connectivity index (χ1v) is 14.3.